The van der Waals surface area contributed by atoms with Crippen molar-refractivity contribution in [2.75, 3.05) is 7.11 Å². The van der Waals surface area contributed by atoms with Crippen LogP contribution in [0.2, 0.25) is 0 Å². The van der Waals surface area contributed by atoms with Crippen molar-refractivity contribution in [2.24, 2.45) is 5.92 Å². The van der Waals surface area contributed by atoms with E-state index in [1.54, 1.807) is 0 Å². The largest absolute Gasteiger partial charge is 0.469 e. The highest BCUT2D eigenvalue weighted by molar-refractivity contribution is 5.72. The number of ether oxygens (including phenoxy) is 1. The SMILES string of the molecule is CCCCCCCCCC(O)C(CCCC)C(=O)OC. The van der Waals surface area contributed by atoms with Gasteiger partial charge in [-0.15, -0.1) is 0 Å². The fraction of sp³-hybridized carbons (Fsp3) is 0.941. The number of hydrogen-bond acceptors (Lipinski definition) is 3. The molecule has 0 heterocycles. The van der Waals surface area contributed by atoms with E-state index in [-0.39, 0.29) is 11.9 Å². The van der Waals surface area contributed by atoms with Gasteiger partial charge in [0, 0.05) is 0 Å². The number of hydrogen-bond donors (Lipinski definition) is 1. The summed E-state index contributed by atoms with van der Waals surface area (Å²) in [6.45, 7) is 4.32. The molecule has 3 heteroatoms. The van der Waals surface area contributed by atoms with Gasteiger partial charge in [0.2, 0.25) is 0 Å². The van der Waals surface area contributed by atoms with Crippen LogP contribution in [0, 0.1) is 5.92 Å². The normalized spacial score (nSPS) is 14.0. The molecule has 20 heavy (non-hydrogen) atoms. The minimum absolute atomic E-state index is 0.256. The highest BCUT2D eigenvalue weighted by Crippen LogP contribution is 2.20. The number of aliphatic hydroxyl groups excluding tert-OH is 1. The van der Waals surface area contributed by atoms with Crippen LogP contribution in [0.25, 0.3) is 0 Å². The van der Waals surface area contributed by atoms with E-state index in [1.807, 2.05) is 0 Å². The van der Waals surface area contributed by atoms with Crippen LogP contribution in [0.4, 0.5) is 0 Å². The van der Waals surface area contributed by atoms with Crippen molar-refractivity contribution >= 4 is 5.97 Å². The van der Waals surface area contributed by atoms with Crippen LogP contribution >= 0.6 is 0 Å². The number of aliphatic hydroxyl groups is 1. The zero-order valence-corrected chi connectivity index (χ0v) is 13.7. The topological polar surface area (TPSA) is 46.5 Å². The third-order valence-electron chi connectivity index (χ3n) is 3.94. The van der Waals surface area contributed by atoms with E-state index >= 15 is 0 Å². The Morgan fingerprint density at radius 3 is 2.00 bits per heavy atom. The van der Waals surface area contributed by atoms with E-state index in [2.05, 4.69) is 13.8 Å². The van der Waals surface area contributed by atoms with Gasteiger partial charge in [0.1, 0.15) is 0 Å². The third kappa shape index (κ3) is 9.35. The lowest BCUT2D eigenvalue weighted by Crippen LogP contribution is -2.29. The first-order valence-electron chi connectivity index (χ1n) is 8.43. The second kappa shape index (κ2) is 13.4. The van der Waals surface area contributed by atoms with Crippen molar-refractivity contribution in [1.82, 2.24) is 0 Å². The Morgan fingerprint density at radius 1 is 0.900 bits per heavy atom. The van der Waals surface area contributed by atoms with E-state index in [0.717, 1.165) is 38.5 Å². The van der Waals surface area contributed by atoms with Crippen molar-refractivity contribution in [2.45, 2.75) is 90.6 Å². The molecule has 3 nitrogen and oxygen atoms in total. The molecule has 0 rings (SSSR count). The van der Waals surface area contributed by atoms with Gasteiger partial charge in [0.25, 0.3) is 0 Å². The number of carbonyl (C=O) groups excluding carboxylic acids is 1. The Kier molecular flexibility index (Phi) is 13.0. The number of rotatable bonds is 13. The molecule has 0 fully saturated rings. The van der Waals surface area contributed by atoms with Crippen LogP contribution in [-0.4, -0.2) is 24.3 Å². The number of unbranched alkanes of at least 4 members (excludes halogenated alkanes) is 7. The molecular formula is C17H34O3. The van der Waals surface area contributed by atoms with Gasteiger partial charge in [-0.25, -0.2) is 0 Å². The Balaban J connectivity index is 3.83. The van der Waals surface area contributed by atoms with Crippen LogP contribution in [0.5, 0.6) is 0 Å². The van der Waals surface area contributed by atoms with Crippen LogP contribution in [0.1, 0.15) is 84.5 Å². The molecule has 0 saturated carbocycles. The lowest BCUT2D eigenvalue weighted by atomic mass is 9.92. The fourth-order valence-electron chi connectivity index (χ4n) is 2.55. The van der Waals surface area contributed by atoms with E-state index in [9.17, 15) is 9.90 Å². The molecule has 0 saturated heterocycles. The summed E-state index contributed by atoms with van der Waals surface area (Å²) in [6, 6.07) is 0. The Labute approximate surface area is 125 Å². The molecule has 0 spiro atoms. The van der Waals surface area contributed by atoms with Crippen molar-refractivity contribution in [1.29, 1.82) is 0 Å². The predicted molar refractivity (Wildman–Crippen MR) is 83.6 cm³/mol. The summed E-state index contributed by atoms with van der Waals surface area (Å²) in [7, 11) is 1.40. The van der Waals surface area contributed by atoms with Gasteiger partial charge < -0.3 is 9.84 Å². The molecule has 1 N–H and O–H groups in total. The summed E-state index contributed by atoms with van der Waals surface area (Å²) in [6.07, 6.45) is 11.5. The molecule has 0 aliphatic carbocycles. The molecule has 0 bridgehead atoms. The first-order valence-corrected chi connectivity index (χ1v) is 8.43. The van der Waals surface area contributed by atoms with Crippen LogP contribution in [0.3, 0.4) is 0 Å². The Bertz CT molecular complexity index is 228. The summed E-state index contributed by atoms with van der Waals surface area (Å²) in [5, 5.41) is 10.2. The van der Waals surface area contributed by atoms with Gasteiger partial charge in [-0.05, 0) is 12.8 Å². The Hall–Kier alpha value is -0.570. The second-order valence-electron chi connectivity index (χ2n) is 5.75. The number of methoxy groups -OCH3 is 1. The van der Waals surface area contributed by atoms with Crippen molar-refractivity contribution < 1.29 is 14.6 Å². The lowest BCUT2D eigenvalue weighted by molar-refractivity contribution is -0.150. The molecule has 0 amide bonds. The van der Waals surface area contributed by atoms with Gasteiger partial charge in [0.15, 0.2) is 0 Å². The van der Waals surface area contributed by atoms with Crippen molar-refractivity contribution in [3.8, 4) is 0 Å². The molecule has 0 aromatic heterocycles. The lowest BCUT2D eigenvalue weighted by Gasteiger charge is -2.20. The minimum atomic E-state index is -0.537. The van der Waals surface area contributed by atoms with E-state index in [4.69, 9.17) is 4.74 Å². The monoisotopic (exact) mass is 286 g/mol. The van der Waals surface area contributed by atoms with Gasteiger partial charge in [0.05, 0.1) is 19.1 Å². The summed E-state index contributed by atoms with van der Waals surface area (Å²) < 4.78 is 4.80. The number of esters is 1. The van der Waals surface area contributed by atoms with E-state index in [1.165, 1.54) is 39.2 Å². The van der Waals surface area contributed by atoms with Gasteiger partial charge in [-0.1, -0.05) is 71.6 Å². The molecule has 0 radical (unpaired) electrons. The minimum Gasteiger partial charge on any atom is -0.469 e. The van der Waals surface area contributed by atoms with Gasteiger partial charge in [-0.2, -0.15) is 0 Å². The first kappa shape index (κ1) is 19.4. The highest BCUT2D eigenvalue weighted by Gasteiger charge is 2.26. The average Bonchev–Trinajstić information content (AvgIpc) is 2.46. The molecular weight excluding hydrogens is 252 g/mol. The average molecular weight is 286 g/mol. The maximum Gasteiger partial charge on any atom is 0.311 e. The standard InChI is InChI=1S/C17H34O3/c1-4-6-8-9-10-11-12-14-16(18)15(13-7-5-2)17(19)20-3/h15-16,18H,4-14H2,1-3H3. The maximum atomic E-state index is 11.7. The van der Waals surface area contributed by atoms with Crippen molar-refractivity contribution in [3.63, 3.8) is 0 Å². The Morgan fingerprint density at radius 2 is 1.45 bits per heavy atom. The van der Waals surface area contributed by atoms with Gasteiger partial charge in [-0.3, -0.25) is 4.79 Å². The molecule has 2 unspecified atom stereocenters. The summed E-state index contributed by atoms with van der Waals surface area (Å²) >= 11 is 0. The number of carbonyl (C=O) groups is 1. The molecule has 0 aromatic rings. The van der Waals surface area contributed by atoms with Crippen LogP contribution in [0.15, 0.2) is 0 Å². The zero-order chi connectivity index (χ0) is 15.2. The molecule has 120 valence electrons. The van der Waals surface area contributed by atoms with E-state index in [0.29, 0.717) is 0 Å². The maximum absolute atomic E-state index is 11.7. The molecule has 0 aliphatic heterocycles. The summed E-state index contributed by atoms with van der Waals surface area (Å²) in [5.74, 6) is -0.589. The highest BCUT2D eigenvalue weighted by atomic mass is 16.5. The summed E-state index contributed by atoms with van der Waals surface area (Å²) in [5.41, 5.74) is 0. The van der Waals surface area contributed by atoms with E-state index < -0.39 is 6.10 Å². The molecule has 0 aromatic carbocycles. The predicted octanol–water partition coefficient (Wildman–Crippen LogP) is 4.47. The zero-order valence-electron chi connectivity index (χ0n) is 13.7. The van der Waals surface area contributed by atoms with Gasteiger partial charge >= 0.3 is 5.97 Å². The first-order chi connectivity index (χ1) is 9.67. The smallest absolute Gasteiger partial charge is 0.311 e. The van der Waals surface area contributed by atoms with Crippen LogP contribution < -0.4 is 0 Å². The summed E-state index contributed by atoms with van der Waals surface area (Å²) in [4.78, 5) is 11.7. The fourth-order valence-corrected chi connectivity index (χ4v) is 2.55. The second-order valence-corrected chi connectivity index (χ2v) is 5.75. The third-order valence-corrected chi connectivity index (χ3v) is 3.94. The van der Waals surface area contributed by atoms with Crippen molar-refractivity contribution in [3.05, 3.63) is 0 Å². The van der Waals surface area contributed by atoms with Crippen LogP contribution in [-0.2, 0) is 9.53 Å². The molecule has 0 aliphatic rings. The quantitative estimate of drug-likeness (QED) is 0.401. The molecule has 2 atom stereocenters.